The van der Waals surface area contributed by atoms with Crippen molar-refractivity contribution in [3.8, 4) is 0 Å². The third kappa shape index (κ3) is 2.89. The summed E-state index contributed by atoms with van der Waals surface area (Å²) in [4.78, 5) is 11.9. The number of hydrogen-bond donors (Lipinski definition) is 0. The van der Waals surface area contributed by atoms with Crippen molar-refractivity contribution in [2.75, 3.05) is 6.61 Å². The number of ether oxygens (including phenoxy) is 1. The molecule has 1 heterocycles. The highest BCUT2D eigenvalue weighted by Gasteiger charge is 2.19. The lowest BCUT2D eigenvalue weighted by Gasteiger charge is -2.11. The lowest BCUT2D eigenvalue weighted by molar-refractivity contribution is 0.0444. The summed E-state index contributed by atoms with van der Waals surface area (Å²) in [6.45, 7) is 7.17. The molecule has 1 rings (SSSR count). The molecule has 1 aromatic rings. The first-order chi connectivity index (χ1) is 7.22. The molecule has 1 unspecified atom stereocenters. The number of nitrogens with zero attached hydrogens (tertiary/aromatic N) is 2. The molecule has 4 heteroatoms. The van der Waals surface area contributed by atoms with E-state index >= 15 is 0 Å². The Morgan fingerprint density at radius 2 is 2.27 bits per heavy atom. The first-order valence-corrected chi connectivity index (χ1v) is 5.41. The van der Waals surface area contributed by atoms with Crippen LogP contribution in [0.3, 0.4) is 0 Å². The Labute approximate surface area is 90.2 Å². The normalized spacial score (nSPS) is 12.7. The summed E-state index contributed by atoms with van der Waals surface area (Å²) in [5.41, 5.74) is 0.636. The van der Waals surface area contributed by atoms with Crippen LogP contribution in [0.1, 0.15) is 37.6 Å². The number of carbonyl (C=O) groups excluding carboxylic acids is 1. The molecule has 0 aliphatic rings. The van der Waals surface area contributed by atoms with Crippen LogP contribution in [-0.4, -0.2) is 28.3 Å². The van der Waals surface area contributed by atoms with Crippen molar-refractivity contribution in [1.29, 1.82) is 0 Å². The first kappa shape index (κ1) is 11.9. The molecule has 0 radical (unpaired) electrons. The lowest BCUT2D eigenvalue weighted by Crippen LogP contribution is -2.23. The average Bonchev–Trinajstić information content (AvgIpc) is 2.73. The van der Waals surface area contributed by atoms with Gasteiger partial charge in [-0.3, -0.25) is 9.48 Å². The number of hydrogen-bond acceptors (Lipinski definition) is 3. The minimum absolute atomic E-state index is 0.0269. The molecule has 0 amide bonds. The van der Waals surface area contributed by atoms with Crippen LogP contribution in [0.15, 0.2) is 12.4 Å². The number of carbonyl (C=O) groups is 1. The van der Waals surface area contributed by atoms with Crippen molar-refractivity contribution in [3.05, 3.63) is 18.0 Å². The highest BCUT2D eigenvalue weighted by atomic mass is 16.5. The summed E-state index contributed by atoms with van der Waals surface area (Å²) in [6, 6.07) is 0. The Kier molecular flexibility index (Phi) is 4.49. The second kappa shape index (κ2) is 5.66. The Morgan fingerprint density at radius 3 is 2.73 bits per heavy atom. The molecule has 1 aromatic heterocycles. The van der Waals surface area contributed by atoms with Crippen molar-refractivity contribution in [2.45, 2.75) is 39.8 Å². The molecular formula is C11H18N2O2. The Balaban J connectivity index is 2.73. The van der Waals surface area contributed by atoms with Gasteiger partial charge in [0.05, 0.1) is 11.8 Å². The van der Waals surface area contributed by atoms with Gasteiger partial charge in [0, 0.05) is 19.3 Å². The lowest BCUT2D eigenvalue weighted by atomic mass is 10.1. The molecule has 0 saturated heterocycles. The molecule has 0 fully saturated rings. The molecule has 15 heavy (non-hydrogen) atoms. The van der Waals surface area contributed by atoms with Crippen molar-refractivity contribution < 1.29 is 9.53 Å². The minimum Gasteiger partial charge on any atom is -0.370 e. The predicted molar refractivity (Wildman–Crippen MR) is 57.9 cm³/mol. The highest BCUT2D eigenvalue weighted by molar-refractivity contribution is 5.99. The van der Waals surface area contributed by atoms with Crippen molar-refractivity contribution in [3.63, 3.8) is 0 Å². The molecule has 0 spiro atoms. The molecule has 0 aromatic carbocycles. The Hall–Kier alpha value is -1.16. The summed E-state index contributed by atoms with van der Waals surface area (Å²) in [5.74, 6) is 0.0269. The van der Waals surface area contributed by atoms with Gasteiger partial charge in [-0.15, -0.1) is 0 Å². The van der Waals surface area contributed by atoms with E-state index in [1.807, 2.05) is 20.8 Å². The quantitative estimate of drug-likeness (QED) is 0.673. The summed E-state index contributed by atoms with van der Waals surface area (Å²) < 4.78 is 7.11. The standard InChI is InChI=1S/C11H18N2O2/c1-4-10(15-6-3)11(14)9-7-12-13(5-2)8-9/h7-8,10H,4-6H2,1-3H3. The van der Waals surface area contributed by atoms with E-state index in [2.05, 4.69) is 5.10 Å². The van der Waals surface area contributed by atoms with E-state index in [0.717, 1.165) is 6.54 Å². The summed E-state index contributed by atoms with van der Waals surface area (Å²) >= 11 is 0. The van der Waals surface area contributed by atoms with Gasteiger partial charge in [-0.2, -0.15) is 5.10 Å². The largest absolute Gasteiger partial charge is 0.370 e. The Morgan fingerprint density at radius 1 is 1.53 bits per heavy atom. The molecule has 1 atom stereocenters. The van der Waals surface area contributed by atoms with Crippen LogP contribution in [0.2, 0.25) is 0 Å². The number of aryl methyl sites for hydroxylation is 1. The molecule has 0 saturated carbocycles. The fourth-order valence-corrected chi connectivity index (χ4v) is 1.43. The van der Waals surface area contributed by atoms with Crippen molar-refractivity contribution in [1.82, 2.24) is 9.78 Å². The van der Waals surface area contributed by atoms with E-state index in [9.17, 15) is 4.79 Å². The molecule has 0 N–H and O–H groups in total. The van der Waals surface area contributed by atoms with Crippen molar-refractivity contribution in [2.24, 2.45) is 0 Å². The highest BCUT2D eigenvalue weighted by Crippen LogP contribution is 2.08. The maximum absolute atomic E-state index is 11.9. The minimum atomic E-state index is -0.329. The van der Waals surface area contributed by atoms with Crippen LogP contribution in [-0.2, 0) is 11.3 Å². The van der Waals surface area contributed by atoms with Gasteiger partial charge in [0.25, 0.3) is 0 Å². The number of rotatable bonds is 6. The monoisotopic (exact) mass is 210 g/mol. The summed E-state index contributed by atoms with van der Waals surface area (Å²) in [7, 11) is 0. The second-order valence-electron chi connectivity index (χ2n) is 3.30. The fraction of sp³-hybridized carbons (Fsp3) is 0.636. The van der Waals surface area contributed by atoms with Crippen LogP contribution in [0, 0.1) is 0 Å². The zero-order valence-corrected chi connectivity index (χ0v) is 9.56. The van der Waals surface area contributed by atoms with E-state index < -0.39 is 0 Å². The first-order valence-electron chi connectivity index (χ1n) is 5.41. The van der Waals surface area contributed by atoms with E-state index in [1.54, 1.807) is 17.1 Å². The van der Waals surface area contributed by atoms with Gasteiger partial charge in [0.2, 0.25) is 0 Å². The average molecular weight is 210 g/mol. The number of Topliss-reactive ketones (excluding diaryl/α,β-unsaturated/α-hetero) is 1. The maximum atomic E-state index is 11.9. The molecule has 84 valence electrons. The zero-order valence-electron chi connectivity index (χ0n) is 9.56. The van der Waals surface area contributed by atoms with E-state index in [-0.39, 0.29) is 11.9 Å². The van der Waals surface area contributed by atoms with Crippen molar-refractivity contribution >= 4 is 5.78 Å². The van der Waals surface area contributed by atoms with Gasteiger partial charge < -0.3 is 4.74 Å². The van der Waals surface area contributed by atoms with Crippen LogP contribution in [0.4, 0.5) is 0 Å². The molecule has 0 bridgehead atoms. The SMILES string of the molecule is CCOC(CC)C(=O)c1cnn(CC)c1. The van der Waals surface area contributed by atoms with Crippen LogP contribution < -0.4 is 0 Å². The fourth-order valence-electron chi connectivity index (χ4n) is 1.43. The third-order valence-electron chi connectivity index (χ3n) is 2.27. The van der Waals surface area contributed by atoms with Gasteiger partial charge >= 0.3 is 0 Å². The van der Waals surface area contributed by atoms with Gasteiger partial charge in [-0.05, 0) is 20.3 Å². The third-order valence-corrected chi connectivity index (χ3v) is 2.27. The van der Waals surface area contributed by atoms with E-state index in [1.165, 1.54) is 0 Å². The zero-order chi connectivity index (χ0) is 11.3. The van der Waals surface area contributed by atoms with E-state index in [0.29, 0.717) is 18.6 Å². The molecular weight excluding hydrogens is 192 g/mol. The molecule has 4 nitrogen and oxygen atoms in total. The predicted octanol–water partition coefficient (Wildman–Crippen LogP) is 1.90. The van der Waals surface area contributed by atoms with Gasteiger partial charge in [-0.1, -0.05) is 6.92 Å². The van der Waals surface area contributed by atoms with Crippen LogP contribution in [0.5, 0.6) is 0 Å². The van der Waals surface area contributed by atoms with E-state index in [4.69, 9.17) is 4.74 Å². The maximum Gasteiger partial charge on any atom is 0.194 e. The Bertz CT molecular complexity index is 320. The second-order valence-corrected chi connectivity index (χ2v) is 3.30. The smallest absolute Gasteiger partial charge is 0.194 e. The molecule has 0 aliphatic heterocycles. The van der Waals surface area contributed by atoms with Crippen LogP contribution >= 0.6 is 0 Å². The van der Waals surface area contributed by atoms with Gasteiger partial charge in [0.15, 0.2) is 5.78 Å². The molecule has 0 aliphatic carbocycles. The van der Waals surface area contributed by atoms with Crippen LogP contribution in [0.25, 0.3) is 0 Å². The van der Waals surface area contributed by atoms with Gasteiger partial charge in [0.1, 0.15) is 6.10 Å². The topological polar surface area (TPSA) is 44.1 Å². The van der Waals surface area contributed by atoms with Gasteiger partial charge in [-0.25, -0.2) is 0 Å². The summed E-state index contributed by atoms with van der Waals surface area (Å²) in [5, 5.41) is 4.07. The number of aromatic nitrogens is 2. The summed E-state index contributed by atoms with van der Waals surface area (Å²) in [6.07, 6.45) is 3.74. The number of ketones is 1.